The molecule has 1 atom stereocenters. The van der Waals surface area contributed by atoms with Gasteiger partial charge in [-0.2, -0.15) is 5.26 Å². The van der Waals surface area contributed by atoms with Gasteiger partial charge < -0.3 is 14.5 Å². The minimum atomic E-state index is -0.297. The van der Waals surface area contributed by atoms with Crippen molar-refractivity contribution < 1.29 is 13.9 Å². The molecule has 0 N–H and O–H groups in total. The van der Waals surface area contributed by atoms with Gasteiger partial charge in [-0.3, -0.25) is 4.79 Å². The molecule has 6 nitrogen and oxygen atoms in total. The molecule has 0 radical (unpaired) electrons. The fourth-order valence-corrected chi connectivity index (χ4v) is 4.59. The van der Waals surface area contributed by atoms with Crippen molar-refractivity contribution in [3.8, 4) is 17.2 Å². The molecule has 2 aromatic rings. The van der Waals surface area contributed by atoms with Gasteiger partial charge in [0.05, 0.1) is 24.3 Å². The molecule has 32 heavy (non-hydrogen) atoms. The second-order valence-corrected chi connectivity index (χ2v) is 8.72. The van der Waals surface area contributed by atoms with Gasteiger partial charge in [-0.05, 0) is 49.9 Å². The molecule has 2 heterocycles. The number of piperazine rings is 1. The summed E-state index contributed by atoms with van der Waals surface area (Å²) in [5, 5.41) is 10.0. The van der Waals surface area contributed by atoms with E-state index in [-0.39, 0.29) is 17.8 Å². The summed E-state index contributed by atoms with van der Waals surface area (Å²) >= 11 is 0. The first kappa shape index (κ1) is 22.2. The third-order valence-electron chi connectivity index (χ3n) is 6.41. The predicted molar refractivity (Wildman–Crippen MR) is 121 cm³/mol. The van der Waals surface area contributed by atoms with Crippen molar-refractivity contribution in [1.29, 1.82) is 5.26 Å². The number of rotatable bonds is 6. The molecule has 4 rings (SSSR count). The van der Waals surface area contributed by atoms with Crippen LogP contribution in [0.4, 0.5) is 10.2 Å². The third kappa shape index (κ3) is 4.33. The van der Waals surface area contributed by atoms with Crippen LogP contribution in [0, 0.1) is 24.1 Å². The van der Waals surface area contributed by atoms with E-state index in [0.717, 1.165) is 35.2 Å². The van der Waals surface area contributed by atoms with Crippen LogP contribution in [0.2, 0.25) is 0 Å². The smallest absolute Gasteiger partial charge is 0.225 e. The van der Waals surface area contributed by atoms with Gasteiger partial charge >= 0.3 is 0 Å². The number of anilines is 1. The molecule has 1 amide bonds. The highest BCUT2D eigenvalue weighted by Crippen LogP contribution is 2.46. The van der Waals surface area contributed by atoms with Crippen LogP contribution in [-0.2, 0) is 9.53 Å². The quantitative estimate of drug-likeness (QED) is 0.684. The predicted octanol–water partition coefficient (Wildman–Crippen LogP) is 4.02. The van der Waals surface area contributed by atoms with Crippen molar-refractivity contribution in [1.82, 2.24) is 9.88 Å². The molecular weight excluding hydrogens is 407 g/mol. The number of carbonyl (C=O) groups is 1. The Labute approximate surface area is 188 Å². The summed E-state index contributed by atoms with van der Waals surface area (Å²) in [5.74, 6) is 0.814. The van der Waals surface area contributed by atoms with Crippen LogP contribution < -0.4 is 4.90 Å². The van der Waals surface area contributed by atoms with E-state index >= 15 is 0 Å². The molecule has 0 bridgehead atoms. The van der Waals surface area contributed by atoms with E-state index in [4.69, 9.17) is 9.72 Å². The number of benzene rings is 1. The summed E-state index contributed by atoms with van der Waals surface area (Å²) < 4.78 is 19.0. The fraction of sp³-hybridized carbons (Fsp3) is 0.480. The van der Waals surface area contributed by atoms with Gasteiger partial charge in [0.25, 0.3) is 0 Å². The van der Waals surface area contributed by atoms with E-state index in [1.165, 1.54) is 12.1 Å². The zero-order chi connectivity index (χ0) is 22.8. The van der Waals surface area contributed by atoms with Gasteiger partial charge in [-0.1, -0.05) is 12.1 Å². The normalized spacial score (nSPS) is 18.5. The Kier molecular flexibility index (Phi) is 6.43. The Bertz CT molecular complexity index is 1060. The highest BCUT2D eigenvalue weighted by atomic mass is 19.1. The average Bonchev–Trinajstić information content (AvgIpc) is 3.62. The highest BCUT2D eigenvalue weighted by molar-refractivity contribution is 5.78. The van der Waals surface area contributed by atoms with E-state index < -0.39 is 0 Å². The van der Waals surface area contributed by atoms with E-state index in [1.807, 2.05) is 24.8 Å². The molecule has 1 saturated carbocycles. The zero-order valence-electron chi connectivity index (χ0n) is 18.9. The van der Waals surface area contributed by atoms with Crippen LogP contribution in [0.5, 0.6) is 0 Å². The molecule has 1 aliphatic carbocycles. The number of carbonyl (C=O) groups excluding carboxylic acids is 1. The Hall–Kier alpha value is -2.98. The standard InChI is InChI=1S/C25H29FN4O2/c1-16-15-29(10-11-30(16)22(31)9-12-32-3)25-21(14-27)17(2)23(24(28-25)18-7-8-18)19-5-4-6-20(26)13-19/h4-6,13,16,18H,7-12,15H2,1-3H3/t16-/m1/s1. The number of hydrogen-bond acceptors (Lipinski definition) is 5. The van der Waals surface area contributed by atoms with Crippen LogP contribution in [0.3, 0.4) is 0 Å². The third-order valence-corrected chi connectivity index (χ3v) is 6.41. The summed E-state index contributed by atoms with van der Waals surface area (Å²) in [6, 6.07) is 8.89. The van der Waals surface area contributed by atoms with Crippen molar-refractivity contribution in [2.24, 2.45) is 0 Å². The van der Waals surface area contributed by atoms with Crippen molar-refractivity contribution in [2.45, 2.75) is 45.1 Å². The summed E-state index contributed by atoms with van der Waals surface area (Å²) in [6.07, 6.45) is 2.48. The molecule has 0 unspecified atom stereocenters. The number of ether oxygens (including phenoxy) is 1. The topological polar surface area (TPSA) is 69.5 Å². The molecule has 1 saturated heterocycles. The summed E-state index contributed by atoms with van der Waals surface area (Å²) in [4.78, 5) is 21.5. The van der Waals surface area contributed by atoms with Gasteiger partial charge in [0, 0.05) is 44.3 Å². The molecule has 7 heteroatoms. The van der Waals surface area contributed by atoms with Gasteiger partial charge in [0.15, 0.2) is 0 Å². The maximum atomic E-state index is 14.0. The molecule has 1 aromatic carbocycles. The Balaban J connectivity index is 1.69. The molecular formula is C25H29FN4O2. The van der Waals surface area contributed by atoms with E-state index in [9.17, 15) is 14.4 Å². The minimum Gasteiger partial charge on any atom is -0.384 e. The van der Waals surface area contributed by atoms with Crippen molar-refractivity contribution in [2.75, 3.05) is 38.3 Å². The molecule has 1 aromatic heterocycles. The highest BCUT2D eigenvalue weighted by Gasteiger charge is 2.34. The average molecular weight is 437 g/mol. The minimum absolute atomic E-state index is 0.00836. The molecule has 2 fully saturated rings. The van der Waals surface area contributed by atoms with Gasteiger partial charge in [-0.25, -0.2) is 9.37 Å². The Morgan fingerprint density at radius 1 is 1.34 bits per heavy atom. The number of aromatic nitrogens is 1. The Morgan fingerprint density at radius 3 is 2.75 bits per heavy atom. The maximum Gasteiger partial charge on any atom is 0.225 e. The lowest BCUT2D eigenvalue weighted by molar-refractivity contribution is -0.134. The lowest BCUT2D eigenvalue weighted by Gasteiger charge is -2.41. The van der Waals surface area contributed by atoms with Crippen LogP contribution in [0.25, 0.3) is 11.1 Å². The maximum absolute atomic E-state index is 14.0. The van der Waals surface area contributed by atoms with Crippen molar-refractivity contribution >= 4 is 11.7 Å². The lowest BCUT2D eigenvalue weighted by Crippen LogP contribution is -2.54. The van der Waals surface area contributed by atoms with Crippen molar-refractivity contribution in [3.63, 3.8) is 0 Å². The van der Waals surface area contributed by atoms with Crippen LogP contribution in [-0.4, -0.2) is 55.2 Å². The first-order chi connectivity index (χ1) is 15.4. The Morgan fingerprint density at radius 2 is 2.12 bits per heavy atom. The number of amides is 1. The van der Waals surface area contributed by atoms with Crippen LogP contribution >= 0.6 is 0 Å². The van der Waals surface area contributed by atoms with Gasteiger partial charge in [0.2, 0.25) is 5.91 Å². The lowest BCUT2D eigenvalue weighted by atomic mass is 9.93. The van der Waals surface area contributed by atoms with Crippen molar-refractivity contribution in [3.05, 3.63) is 46.9 Å². The number of halogens is 1. The largest absolute Gasteiger partial charge is 0.384 e. The van der Waals surface area contributed by atoms with Gasteiger partial charge in [0.1, 0.15) is 17.7 Å². The molecule has 1 aliphatic heterocycles. The zero-order valence-corrected chi connectivity index (χ0v) is 18.9. The number of nitriles is 1. The summed E-state index contributed by atoms with van der Waals surface area (Å²) in [6.45, 7) is 6.19. The summed E-state index contributed by atoms with van der Waals surface area (Å²) in [5.41, 5.74) is 3.97. The fourth-order valence-electron chi connectivity index (χ4n) is 4.59. The van der Waals surface area contributed by atoms with E-state index in [0.29, 0.717) is 50.0 Å². The van der Waals surface area contributed by atoms with Gasteiger partial charge in [-0.15, -0.1) is 0 Å². The summed E-state index contributed by atoms with van der Waals surface area (Å²) in [7, 11) is 1.59. The molecule has 0 spiro atoms. The number of pyridine rings is 1. The number of methoxy groups -OCH3 is 1. The van der Waals surface area contributed by atoms with Crippen LogP contribution in [0.1, 0.15) is 48.9 Å². The number of hydrogen-bond donors (Lipinski definition) is 0. The second kappa shape index (κ2) is 9.25. The van der Waals surface area contributed by atoms with E-state index in [1.54, 1.807) is 13.2 Å². The van der Waals surface area contributed by atoms with Crippen LogP contribution in [0.15, 0.2) is 24.3 Å². The second-order valence-electron chi connectivity index (χ2n) is 8.72. The number of nitrogens with zero attached hydrogens (tertiary/aromatic N) is 4. The first-order valence-corrected chi connectivity index (χ1v) is 11.2. The first-order valence-electron chi connectivity index (χ1n) is 11.2. The monoisotopic (exact) mass is 436 g/mol. The van der Waals surface area contributed by atoms with E-state index in [2.05, 4.69) is 11.0 Å². The molecule has 2 aliphatic rings. The SMILES string of the molecule is COCCC(=O)N1CCN(c2nc(C3CC3)c(-c3cccc(F)c3)c(C)c2C#N)C[C@H]1C. The molecule has 168 valence electrons.